The molecule has 5 rings (SSSR count). The summed E-state index contributed by atoms with van der Waals surface area (Å²) in [5, 5.41) is 15.1. The Bertz CT molecular complexity index is 1740. The standard InChI is InChI=1S/C32H30F6N4O4S2/c1-44-23-8-6-22(7-9-23)39-29(47)41-11-13-42(14-12-41)30-40-28(43)27(48-30)16-19-3-10-25(26(15-19)45-2)46-18-20-4-5-21(31(33,34)35)17-24(20)32(36,37)38/h3-10,15,17,43H,11-14,16,18H2,1-2H3,(H,39,47). The molecule has 1 aromatic heterocycles. The second-order valence-electron chi connectivity index (χ2n) is 10.7. The monoisotopic (exact) mass is 712 g/mol. The predicted octanol–water partition coefficient (Wildman–Crippen LogP) is 7.59. The van der Waals surface area contributed by atoms with Gasteiger partial charge in [0, 0.05) is 43.9 Å². The first kappa shape index (κ1) is 34.9. The van der Waals surface area contributed by atoms with Gasteiger partial charge in [-0.3, -0.25) is 0 Å². The molecule has 2 heterocycles. The molecule has 1 saturated heterocycles. The first-order valence-electron chi connectivity index (χ1n) is 14.5. The van der Waals surface area contributed by atoms with Crippen molar-refractivity contribution in [3.05, 3.63) is 87.8 Å². The lowest BCUT2D eigenvalue weighted by atomic mass is 10.0. The molecule has 0 bridgehead atoms. The highest BCUT2D eigenvalue weighted by Crippen LogP contribution is 2.39. The number of nitrogens with zero attached hydrogens (tertiary/aromatic N) is 3. The van der Waals surface area contributed by atoms with Gasteiger partial charge in [0.05, 0.1) is 30.2 Å². The zero-order chi connectivity index (χ0) is 34.6. The number of thiocarbonyl (C=S) groups is 1. The summed E-state index contributed by atoms with van der Waals surface area (Å²) >= 11 is 6.92. The Labute approximate surface area is 281 Å². The molecule has 0 saturated carbocycles. The zero-order valence-corrected chi connectivity index (χ0v) is 27.2. The number of nitrogens with one attached hydrogen (secondary N) is 1. The van der Waals surface area contributed by atoms with Crippen molar-refractivity contribution in [3.8, 4) is 23.1 Å². The molecule has 0 spiro atoms. The van der Waals surface area contributed by atoms with Crippen LogP contribution in [0.2, 0.25) is 0 Å². The van der Waals surface area contributed by atoms with Crippen LogP contribution in [0, 0.1) is 0 Å². The number of aromatic nitrogens is 1. The van der Waals surface area contributed by atoms with Crippen LogP contribution in [0.4, 0.5) is 37.2 Å². The van der Waals surface area contributed by atoms with Crippen LogP contribution >= 0.6 is 23.6 Å². The summed E-state index contributed by atoms with van der Waals surface area (Å²) in [6, 6.07) is 13.6. The normalized spacial score (nSPS) is 13.8. The maximum Gasteiger partial charge on any atom is 0.416 e. The third-order valence-electron chi connectivity index (χ3n) is 7.56. The maximum absolute atomic E-state index is 13.6. The second kappa shape index (κ2) is 14.4. The van der Waals surface area contributed by atoms with E-state index < -0.39 is 35.6 Å². The first-order chi connectivity index (χ1) is 22.7. The number of anilines is 2. The van der Waals surface area contributed by atoms with E-state index in [0.29, 0.717) is 52.9 Å². The Morgan fingerprint density at radius 2 is 1.60 bits per heavy atom. The average molecular weight is 713 g/mol. The van der Waals surface area contributed by atoms with Crippen LogP contribution in [0.25, 0.3) is 0 Å². The highest BCUT2D eigenvalue weighted by molar-refractivity contribution is 7.80. The number of hydrogen-bond acceptors (Lipinski definition) is 8. The fourth-order valence-corrected chi connectivity index (χ4v) is 6.32. The van der Waals surface area contributed by atoms with Gasteiger partial charge >= 0.3 is 12.4 Å². The van der Waals surface area contributed by atoms with Crippen LogP contribution in [0.3, 0.4) is 0 Å². The summed E-state index contributed by atoms with van der Waals surface area (Å²) in [4.78, 5) is 9.08. The molecule has 0 amide bonds. The number of methoxy groups -OCH3 is 2. The summed E-state index contributed by atoms with van der Waals surface area (Å²) in [5.41, 5.74) is -1.74. The van der Waals surface area contributed by atoms with Crippen molar-refractivity contribution in [1.82, 2.24) is 9.88 Å². The molecule has 1 aliphatic heterocycles. The van der Waals surface area contributed by atoms with E-state index in [0.717, 1.165) is 17.5 Å². The molecule has 1 aliphatic rings. The van der Waals surface area contributed by atoms with Gasteiger partial charge in [0.15, 0.2) is 21.7 Å². The molecule has 8 nitrogen and oxygen atoms in total. The van der Waals surface area contributed by atoms with E-state index in [-0.39, 0.29) is 29.9 Å². The third-order valence-corrected chi connectivity index (χ3v) is 9.03. The fraction of sp³-hybridized carbons (Fsp3) is 0.312. The van der Waals surface area contributed by atoms with Gasteiger partial charge in [0.2, 0.25) is 5.88 Å². The molecule has 0 radical (unpaired) electrons. The van der Waals surface area contributed by atoms with Crippen LogP contribution in [0.5, 0.6) is 23.1 Å². The third kappa shape index (κ3) is 8.34. The fourth-order valence-electron chi connectivity index (χ4n) is 4.98. The molecular weight excluding hydrogens is 682 g/mol. The van der Waals surface area contributed by atoms with Crippen molar-refractivity contribution in [2.45, 2.75) is 25.4 Å². The van der Waals surface area contributed by atoms with Gasteiger partial charge in [0.1, 0.15) is 12.4 Å². The minimum atomic E-state index is -5.02. The zero-order valence-electron chi connectivity index (χ0n) is 25.6. The van der Waals surface area contributed by atoms with Gasteiger partial charge in [-0.15, -0.1) is 0 Å². The van der Waals surface area contributed by atoms with Crippen molar-refractivity contribution >= 4 is 39.5 Å². The smallest absolute Gasteiger partial charge is 0.416 e. The Hall–Kier alpha value is -4.44. The number of benzene rings is 3. The number of halogens is 6. The summed E-state index contributed by atoms with van der Waals surface area (Å²) in [6.45, 7) is 1.91. The second-order valence-corrected chi connectivity index (χ2v) is 12.1. The van der Waals surface area contributed by atoms with Crippen LogP contribution in [-0.2, 0) is 25.4 Å². The summed E-state index contributed by atoms with van der Waals surface area (Å²) in [7, 11) is 2.95. The number of thiazole rings is 1. The lowest BCUT2D eigenvalue weighted by molar-refractivity contribution is -0.143. The van der Waals surface area contributed by atoms with E-state index >= 15 is 0 Å². The largest absolute Gasteiger partial charge is 0.497 e. The molecule has 0 unspecified atom stereocenters. The number of hydrogen-bond donors (Lipinski definition) is 2. The Morgan fingerprint density at radius 1 is 0.896 bits per heavy atom. The summed E-state index contributed by atoms with van der Waals surface area (Å²) < 4.78 is 95.9. The quantitative estimate of drug-likeness (QED) is 0.135. The van der Waals surface area contributed by atoms with Crippen LogP contribution in [0.1, 0.15) is 27.1 Å². The van der Waals surface area contributed by atoms with Gasteiger partial charge in [0.25, 0.3) is 0 Å². The highest BCUT2D eigenvalue weighted by atomic mass is 32.1. The molecule has 256 valence electrons. The topological polar surface area (TPSA) is 79.3 Å². The maximum atomic E-state index is 13.6. The van der Waals surface area contributed by atoms with Crippen molar-refractivity contribution < 1.29 is 45.7 Å². The van der Waals surface area contributed by atoms with E-state index in [1.165, 1.54) is 24.5 Å². The summed E-state index contributed by atoms with van der Waals surface area (Å²) in [5.74, 6) is 0.931. The predicted molar refractivity (Wildman–Crippen MR) is 173 cm³/mol. The number of ether oxygens (including phenoxy) is 3. The molecule has 0 atom stereocenters. The van der Waals surface area contributed by atoms with E-state index in [9.17, 15) is 31.4 Å². The Balaban J connectivity index is 1.20. The van der Waals surface area contributed by atoms with Crippen molar-refractivity contribution in [1.29, 1.82) is 0 Å². The van der Waals surface area contributed by atoms with Crippen LogP contribution < -0.4 is 24.4 Å². The van der Waals surface area contributed by atoms with Gasteiger partial charge in [-0.2, -0.15) is 31.3 Å². The van der Waals surface area contributed by atoms with Crippen LogP contribution in [-0.4, -0.2) is 60.5 Å². The lowest BCUT2D eigenvalue weighted by Crippen LogP contribution is -2.50. The molecule has 3 aromatic carbocycles. The van der Waals surface area contributed by atoms with Crippen molar-refractivity contribution in [2.75, 3.05) is 50.6 Å². The molecule has 1 fully saturated rings. The van der Waals surface area contributed by atoms with E-state index in [2.05, 4.69) is 20.1 Å². The molecule has 48 heavy (non-hydrogen) atoms. The number of rotatable bonds is 9. The molecular formula is C32H30F6N4O4S2. The Morgan fingerprint density at radius 3 is 2.23 bits per heavy atom. The minimum absolute atomic E-state index is 0.0742. The van der Waals surface area contributed by atoms with Gasteiger partial charge in [-0.1, -0.05) is 23.5 Å². The molecule has 4 aromatic rings. The van der Waals surface area contributed by atoms with E-state index in [1.807, 2.05) is 24.3 Å². The number of alkyl halides is 6. The molecule has 0 aliphatic carbocycles. The van der Waals surface area contributed by atoms with Crippen molar-refractivity contribution in [3.63, 3.8) is 0 Å². The number of piperazine rings is 1. The van der Waals surface area contributed by atoms with Crippen molar-refractivity contribution in [2.24, 2.45) is 0 Å². The highest BCUT2D eigenvalue weighted by Gasteiger charge is 2.38. The first-order valence-corrected chi connectivity index (χ1v) is 15.7. The van der Waals surface area contributed by atoms with E-state index in [1.54, 1.807) is 19.2 Å². The van der Waals surface area contributed by atoms with Gasteiger partial charge in [-0.05, 0) is 66.3 Å². The van der Waals surface area contributed by atoms with Crippen LogP contribution in [0.15, 0.2) is 60.7 Å². The molecule has 16 heteroatoms. The lowest BCUT2D eigenvalue weighted by Gasteiger charge is -2.36. The summed E-state index contributed by atoms with van der Waals surface area (Å²) in [6.07, 6.45) is -9.66. The van der Waals surface area contributed by atoms with Gasteiger partial charge in [-0.25, -0.2) is 0 Å². The Kier molecular flexibility index (Phi) is 10.4. The van der Waals surface area contributed by atoms with E-state index in [4.69, 9.17) is 26.4 Å². The molecule has 2 N–H and O–H groups in total. The minimum Gasteiger partial charge on any atom is -0.497 e. The number of aromatic hydroxyl groups is 1. The SMILES string of the molecule is COc1ccc(NC(=S)N2CCN(c3nc(O)c(Cc4ccc(OCc5ccc(C(F)(F)F)cc5C(F)(F)F)c(OC)c4)s3)CC2)cc1. The average Bonchev–Trinajstić information content (AvgIpc) is 3.42. The van der Waals surface area contributed by atoms with Gasteiger partial charge < -0.3 is 34.4 Å².